The molecule has 0 aliphatic heterocycles. The average Bonchev–Trinajstić information content (AvgIpc) is 3.01. The fourth-order valence-electron chi connectivity index (χ4n) is 2.07. The number of aliphatic hydroxyl groups excluding tert-OH is 2. The third-order valence-electron chi connectivity index (χ3n) is 3.18. The van der Waals surface area contributed by atoms with Crippen molar-refractivity contribution in [3.63, 3.8) is 0 Å². The Labute approximate surface area is 150 Å². The number of rotatable bonds is 6. The van der Waals surface area contributed by atoms with Crippen LogP contribution >= 0.6 is 22.7 Å². The predicted octanol–water partition coefficient (Wildman–Crippen LogP) is 3.43. The summed E-state index contributed by atoms with van der Waals surface area (Å²) in [7, 11) is 1.94. The van der Waals surface area contributed by atoms with E-state index in [0.29, 0.717) is 6.54 Å². The van der Waals surface area contributed by atoms with Crippen LogP contribution in [0.5, 0.6) is 0 Å². The molecule has 2 rings (SSSR count). The van der Waals surface area contributed by atoms with E-state index in [2.05, 4.69) is 6.07 Å². The van der Waals surface area contributed by atoms with Gasteiger partial charge in [-0.1, -0.05) is 0 Å². The Balaban J connectivity index is 2.22. The lowest BCUT2D eigenvalue weighted by atomic mass is 10.1. The molecule has 0 radical (unpaired) electrons. The number of nitriles is 1. The van der Waals surface area contributed by atoms with Gasteiger partial charge >= 0.3 is 0 Å². The van der Waals surface area contributed by atoms with Crippen LogP contribution in [0.2, 0.25) is 0 Å². The van der Waals surface area contributed by atoms with Crippen molar-refractivity contribution in [3.05, 3.63) is 22.6 Å². The Bertz CT molecular complexity index is 733. The first kappa shape index (κ1) is 18.9. The van der Waals surface area contributed by atoms with Crippen molar-refractivity contribution in [2.75, 3.05) is 25.1 Å². The van der Waals surface area contributed by atoms with Crippen molar-refractivity contribution in [2.45, 2.75) is 32.7 Å². The van der Waals surface area contributed by atoms with Gasteiger partial charge in [-0.05, 0) is 39.0 Å². The minimum Gasteiger partial charge on any atom is -0.395 e. The molecule has 5 nitrogen and oxygen atoms in total. The Morgan fingerprint density at radius 2 is 2.04 bits per heavy atom. The molecule has 0 aliphatic carbocycles. The zero-order valence-electron chi connectivity index (χ0n) is 14.2. The molecule has 0 amide bonds. The summed E-state index contributed by atoms with van der Waals surface area (Å²) in [6.45, 7) is 6.20. The Hall–Kier alpha value is -1.43. The van der Waals surface area contributed by atoms with Gasteiger partial charge in [-0.25, -0.2) is 0 Å². The van der Waals surface area contributed by atoms with E-state index in [0.717, 1.165) is 19.3 Å². The van der Waals surface area contributed by atoms with Gasteiger partial charge in [0.2, 0.25) is 0 Å². The normalized spacial score (nSPS) is 14.0. The monoisotopic (exact) mass is 366 g/mol. The molecule has 2 N–H and O–H groups in total. The van der Waals surface area contributed by atoms with Crippen LogP contribution in [-0.4, -0.2) is 42.3 Å². The van der Waals surface area contributed by atoms with Crippen molar-refractivity contribution in [2.24, 2.45) is 0 Å². The SMILES string of the molecule is CN(CCO)c1cc2sc(/C=C(\C#N)C(O)OC(C)(C)C)cc2s1. The Kier molecular flexibility index (Phi) is 6.01. The molecule has 7 heteroatoms. The van der Waals surface area contributed by atoms with Gasteiger partial charge in [-0.2, -0.15) is 5.26 Å². The lowest BCUT2D eigenvalue weighted by Gasteiger charge is -2.23. The van der Waals surface area contributed by atoms with Crippen molar-refractivity contribution in [1.82, 2.24) is 0 Å². The zero-order valence-corrected chi connectivity index (χ0v) is 15.9. The highest BCUT2D eigenvalue weighted by molar-refractivity contribution is 7.30. The molecule has 0 saturated heterocycles. The molecule has 0 saturated carbocycles. The summed E-state index contributed by atoms with van der Waals surface area (Å²) in [5.74, 6) is 0. The first-order valence-electron chi connectivity index (χ1n) is 7.56. The van der Waals surface area contributed by atoms with Crippen molar-refractivity contribution >= 4 is 43.2 Å². The third-order valence-corrected chi connectivity index (χ3v) is 5.54. The van der Waals surface area contributed by atoms with E-state index >= 15 is 0 Å². The van der Waals surface area contributed by atoms with Gasteiger partial charge in [-0.3, -0.25) is 0 Å². The van der Waals surface area contributed by atoms with Gasteiger partial charge in [0.05, 0.1) is 22.8 Å². The van der Waals surface area contributed by atoms with E-state index in [9.17, 15) is 10.4 Å². The van der Waals surface area contributed by atoms with E-state index in [1.165, 1.54) is 0 Å². The number of ether oxygens (including phenoxy) is 1. The van der Waals surface area contributed by atoms with Crippen LogP contribution in [0, 0.1) is 11.3 Å². The largest absolute Gasteiger partial charge is 0.395 e. The maximum absolute atomic E-state index is 10.1. The summed E-state index contributed by atoms with van der Waals surface area (Å²) >= 11 is 3.20. The molecule has 1 unspecified atom stereocenters. The van der Waals surface area contributed by atoms with Gasteiger partial charge in [-0.15, -0.1) is 22.7 Å². The number of hydrogen-bond acceptors (Lipinski definition) is 7. The maximum atomic E-state index is 10.1. The van der Waals surface area contributed by atoms with E-state index in [1.807, 2.05) is 44.9 Å². The fraction of sp³-hybridized carbons (Fsp3) is 0.471. The van der Waals surface area contributed by atoms with E-state index < -0.39 is 11.9 Å². The molecule has 2 heterocycles. The average molecular weight is 367 g/mol. The van der Waals surface area contributed by atoms with Crippen molar-refractivity contribution in [1.29, 1.82) is 5.26 Å². The van der Waals surface area contributed by atoms with Crippen LogP contribution < -0.4 is 4.90 Å². The summed E-state index contributed by atoms with van der Waals surface area (Å²) < 4.78 is 7.68. The fourth-order valence-corrected chi connectivity index (χ4v) is 4.41. The van der Waals surface area contributed by atoms with Gasteiger partial charge < -0.3 is 19.8 Å². The molecule has 130 valence electrons. The van der Waals surface area contributed by atoms with Crippen LogP contribution in [0.25, 0.3) is 15.5 Å². The van der Waals surface area contributed by atoms with Crippen molar-refractivity contribution < 1.29 is 14.9 Å². The molecule has 2 aromatic heterocycles. The summed E-state index contributed by atoms with van der Waals surface area (Å²) in [4.78, 5) is 2.91. The molecule has 0 aromatic carbocycles. The third kappa shape index (κ3) is 4.79. The van der Waals surface area contributed by atoms with E-state index in [-0.39, 0.29) is 12.2 Å². The number of nitrogens with zero attached hydrogens (tertiary/aromatic N) is 2. The Morgan fingerprint density at radius 1 is 1.38 bits per heavy atom. The van der Waals surface area contributed by atoms with Gasteiger partial charge in [0.1, 0.15) is 6.07 Å². The minimum atomic E-state index is -1.23. The maximum Gasteiger partial charge on any atom is 0.191 e. The van der Waals surface area contributed by atoms with Crippen LogP contribution in [0.4, 0.5) is 5.00 Å². The lowest BCUT2D eigenvalue weighted by Crippen LogP contribution is -2.28. The highest BCUT2D eigenvalue weighted by Gasteiger charge is 2.20. The quantitative estimate of drug-likeness (QED) is 0.605. The number of thiophene rings is 2. The predicted molar refractivity (Wildman–Crippen MR) is 100 cm³/mol. The smallest absolute Gasteiger partial charge is 0.191 e. The van der Waals surface area contributed by atoms with E-state index in [1.54, 1.807) is 28.7 Å². The lowest BCUT2D eigenvalue weighted by molar-refractivity contribution is -0.141. The van der Waals surface area contributed by atoms with Gasteiger partial charge in [0, 0.05) is 27.9 Å². The highest BCUT2D eigenvalue weighted by Crippen LogP contribution is 2.38. The first-order chi connectivity index (χ1) is 11.2. The summed E-state index contributed by atoms with van der Waals surface area (Å²) in [6, 6.07) is 6.09. The second-order valence-electron chi connectivity index (χ2n) is 6.40. The molecule has 0 aliphatic rings. The van der Waals surface area contributed by atoms with Crippen LogP contribution in [0.3, 0.4) is 0 Å². The number of hydrogen-bond donors (Lipinski definition) is 2. The molecule has 2 aromatic rings. The number of aliphatic hydroxyl groups is 2. The molecular weight excluding hydrogens is 344 g/mol. The van der Waals surface area contributed by atoms with Crippen molar-refractivity contribution in [3.8, 4) is 6.07 Å². The molecule has 1 atom stereocenters. The summed E-state index contributed by atoms with van der Waals surface area (Å²) in [6.07, 6.45) is 0.437. The molecule has 24 heavy (non-hydrogen) atoms. The topological polar surface area (TPSA) is 76.7 Å². The summed E-state index contributed by atoms with van der Waals surface area (Å²) in [5, 5.41) is 29.5. The molecule has 0 spiro atoms. The minimum absolute atomic E-state index is 0.118. The standard InChI is InChI=1S/C17H22N2O3S2/c1-17(2,3)22-16(21)11(10-18)7-12-8-13-14(23-12)9-15(24-13)19(4)5-6-20/h7-9,16,20-21H,5-6H2,1-4H3/b11-7+. The first-order valence-corrected chi connectivity index (χ1v) is 9.20. The second-order valence-corrected chi connectivity index (χ2v) is 8.58. The van der Waals surface area contributed by atoms with Crippen LogP contribution in [0.15, 0.2) is 17.7 Å². The van der Waals surface area contributed by atoms with Gasteiger partial charge in [0.25, 0.3) is 0 Å². The van der Waals surface area contributed by atoms with Crippen LogP contribution in [-0.2, 0) is 4.74 Å². The zero-order chi connectivity index (χ0) is 17.9. The summed E-state index contributed by atoms with van der Waals surface area (Å²) in [5.41, 5.74) is -0.339. The number of fused-ring (bicyclic) bond motifs is 1. The molecular formula is C17H22N2O3S2. The molecule has 0 fully saturated rings. The van der Waals surface area contributed by atoms with Gasteiger partial charge in [0.15, 0.2) is 6.29 Å². The highest BCUT2D eigenvalue weighted by atomic mass is 32.1. The number of anilines is 1. The van der Waals surface area contributed by atoms with E-state index in [4.69, 9.17) is 9.84 Å². The molecule has 0 bridgehead atoms. The second kappa shape index (κ2) is 7.64. The number of likely N-dealkylation sites (N-methyl/N-ethyl adjacent to an activating group) is 1. The van der Waals surface area contributed by atoms with Crippen LogP contribution in [0.1, 0.15) is 25.6 Å². The Morgan fingerprint density at radius 3 is 2.58 bits per heavy atom.